The lowest BCUT2D eigenvalue weighted by atomic mass is 9.95. The fraction of sp³-hybridized carbons (Fsp3) is 0.462. The molecule has 3 heteroatoms. The highest BCUT2D eigenvalue weighted by atomic mass is 16.2. The molecule has 3 N–H and O–H groups in total. The van der Waals surface area contributed by atoms with Crippen molar-refractivity contribution in [3.8, 4) is 0 Å². The van der Waals surface area contributed by atoms with E-state index in [9.17, 15) is 4.79 Å². The van der Waals surface area contributed by atoms with Gasteiger partial charge in [0.05, 0.1) is 0 Å². The first kappa shape index (κ1) is 12.7. The van der Waals surface area contributed by atoms with E-state index in [1.165, 1.54) is 22.3 Å². The molecule has 1 aromatic rings. The normalized spacial score (nSPS) is 10.2. The number of hydrogen-bond donors (Lipinski definition) is 2. The van der Waals surface area contributed by atoms with E-state index in [1.54, 1.807) is 0 Å². The maximum atomic E-state index is 11.0. The Morgan fingerprint density at radius 2 is 1.94 bits per heavy atom. The molecular weight excluding hydrogens is 200 g/mol. The average molecular weight is 220 g/mol. The van der Waals surface area contributed by atoms with Crippen molar-refractivity contribution in [2.45, 2.75) is 40.0 Å². The number of carbonyl (C=O) groups is 1. The summed E-state index contributed by atoms with van der Waals surface area (Å²) in [5, 5.41) is 0. The first-order chi connectivity index (χ1) is 7.56. The van der Waals surface area contributed by atoms with Crippen LogP contribution < -0.4 is 11.3 Å². The molecule has 1 aromatic carbocycles. The number of nitrogens with one attached hydrogen (secondary N) is 1. The Hall–Kier alpha value is -1.35. The second kappa shape index (κ2) is 5.66. The Morgan fingerprint density at radius 3 is 2.56 bits per heavy atom. The summed E-state index contributed by atoms with van der Waals surface area (Å²) in [6.07, 6.45) is 2.26. The van der Waals surface area contributed by atoms with Crippen molar-refractivity contribution >= 4 is 5.91 Å². The predicted octanol–water partition coefficient (Wildman–Crippen LogP) is 1.92. The predicted molar refractivity (Wildman–Crippen MR) is 65.9 cm³/mol. The van der Waals surface area contributed by atoms with Crippen LogP contribution in [-0.2, 0) is 11.2 Å². The molecule has 0 aliphatic rings. The molecule has 1 amide bonds. The molecule has 0 bridgehead atoms. The number of amides is 1. The third-order valence-electron chi connectivity index (χ3n) is 3.18. The average Bonchev–Trinajstić information content (AvgIpc) is 2.29. The SMILES string of the molecule is Cc1ccc(CCCC(=O)NN)c(C)c1C. The largest absolute Gasteiger partial charge is 0.294 e. The Balaban J connectivity index is 2.61. The lowest BCUT2D eigenvalue weighted by Gasteiger charge is -2.10. The van der Waals surface area contributed by atoms with E-state index in [-0.39, 0.29) is 5.91 Å². The Kier molecular flexibility index (Phi) is 4.50. The summed E-state index contributed by atoms with van der Waals surface area (Å²) < 4.78 is 0. The van der Waals surface area contributed by atoms with Gasteiger partial charge in [-0.25, -0.2) is 5.84 Å². The van der Waals surface area contributed by atoms with Gasteiger partial charge in [0.25, 0.3) is 0 Å². The summed E-state index contributed by atoms with van der Waals surface area (Å²) in [6.45, 7) is 6.40. The van der Waals surface area contributed by atoms with E-state index < -0.39 is 0 Å². The topological polar surface area (TPSA) is 55.1 Å². The van der Waals surface area contributed by atoms with E-state index >= 15 is 0 Å². The first-order valence-electron chi connectivity index (χ1n) is 5.61. The molecule has 0 aromatic heterocycles. The summed E-state index contributed by atoms with van der Waals surface area (Å²) in [4.78, 5) is 11.0. The van der Waals surface area contributed by atoms with Crippen LogP contribution in [0.3, 0.4) is 0 Å². The van der Waals surface area contributed by atoms with Crippen molar-refractivity contribution in [3.63, 3.8) is 0 Å². The molecular formula is C13H20N2O. The van der Waals surface area contributed by atoms with Gasteiger partial charge in [-0.15, -0.1) is 0 Å². The zero-order valence-electron chi connectivity index (χ0n) is 10.3. The molecule has 0 spiro atoms. The zero-order valence-corrected chi connectivity index (χ0v) is 10.3. The number of rotatable bonds is 4. The Morgan fingerprint density at radius 1 is 1.25 bits per heavy atom. The lowest BCUT2D eigenvalue weighted by Crippen LogP contribution is -2.29. The fourth-order valence-electron chi connectivity index (χ4n) is 1.79. The quantitative estimate of drug-likeness (QED) is 0.463. The summed E-state index contributed by atoms with van der Waals surface area (Å²) in [7, 11) is 0. The number of hydrazine groups is 1. The standard InChI is InChI=1S/C13H20N2O/c1-9-7-8-12(11(3)10(9)2)5-4-6-13(16)15-14/h7-8H,4-6,14H2,1-3H3,(H,15,16). The zero-order chi connectivity index (χ0) is 12.1. The van der Waals surface area contributed by atoms with E-state index in [1.807, 2.05) is 0 Å². The van der Waals surface area contributed by atoms with Gasteiger partial charge in [-0.1, -0.05) is 12.1 Å². The maximum absolute atomic E-state index is 11.0. The van der Waals surface area contributed by atoms with Crippen LogP contribution >= 0.6 is 0 Å². The van der Waals surface area contributed by atoms with Gasteiger partial charge < -0.3 is 0 Å². The van der Waals surface area contributed by atoms with Crippen molar-refractivity contribution in [1.82, 2.24) is 5.43 Å². The van der Waals surface area contributed by atoms with Gasteiger partial charge in [-0.2, -0.15) is 0 Å². The monoisotopic (exact) mass is 220 g/mol. The second-order valence-electron chi connectivity index (χ2n) is 4.21. The van der Waals surface area contributed by atoms with Crippen LogP contribution in [0.15, 0.2) is 12.1 Å². The molecule has 0 fully saturated rings. The molecule has 0 aliphatic carbocycles. The molecule has 0 saturated carbocycles. The van der Waals surface area contributed by atoms with Gasteiger partial charge in [0.2, 0.25) is 5.91 Å². The van der Waals surface area contributed by atoms with Crippen LogP contribution in [0, 0.1) is 20.8 Å². The van der Waals surface area contributed by atoms with Crippen LogP contribution in [0.2, 0.25) is 0 Å². The van der Waals surface area contributed by atoms with E-state index in [0.717, 1.165) is 12.8 Å². The van der Waals surface area contributed by atoms with E-state index in [4.69, 9.17) is 5.84 Å². The highest BCUT2D eigenvalue weighted by molar-refractivity contribution is 5.75. The molecule has 0 radical (unpaired) electrons. The van der Waals surface area contributed by atoms with Gasteiger partial charge in [0.15, 0.2) is 0 Å². The number of aryl methyl sites for hydroxylation is 2. The maximum Gasteiger partial charge on any atom is 0.233 e. The molecule has 3 nitrogen and oxygen atoms in total. The van der Waals surface area contributed by atoms with Gasteiger partial charge >= 0.3 is 0 Å². The molecule has 16 heavy (non-hydrogen) atoms. The van der Waals surface area contributed by atoms with Gasteiger partial charge in [0.1, 0.15) is 0 Å². The molecule has 0 saturated heterocycles. The minimum absolute atomic E-state index is 0.0958. The number of benzene rings is 1. The van der Waals surface area contributed by atoms with Crippen molar-refractivity contribution in [3.05, 3.63) is 34.4 Å². The van der Waals surface area contributed by atoms with Crippen molar-refractivity contribution < 1.29 is 4.79 Å². The van der Waals surface area contributed by atoms with Crippen LogP contribution in [0.4, 0.5) is 0 Å². The van der Waals surface area contributed by atoms with Crippen molar-refractivity contribution in [2.24, 2.45) is 5.84 Å². The number of hydrogen-bond acceptors (Lipinski definition) is 2. The molecule has 88 valence electrons. The van der Waals surface area contributed by atoms with Crippen molar-refractivity contribution in [1.29, 1.82) is 0 Å². The highest BCUT2D eigenvalue weighted by Crippen LogP contribution is 2.18. The fourth-order valence-corrected chi connectivity index (χ4v) is 1.79. The minimum Gasteiger partial charge on any atom is -0.294 e. The summed E-state index contributed by atoms with van der Waals surface area (Å²) in [5.41, 5.74) is 7.48. The van der Waals surface area contributed by atoms with Crippen LogP contribution in [-0.4, -0.2) is 5.91 Å². The summed E-state index contributed by atoms with van der Waals surface area (Å²) in [6, 6.07) is 4.29. The second-order valence-corrected chi connectivity index (χ2v) is 4.21. The Bertz CT molecular complexity index is 386. The number of carbonyl (C=O) groups excluding carboxylic acids is 1. The molecule has 0 atom stereocenters. The smallest absolute Gasteiger partial charge is 0.233 e. The molecule has 0 unspecified atom stereocenters. The Labute approximate surface area is 97.0 Å². The van der Waals surface area contributed by atoms with Crippen molar-refractivity contribution in [2.75, 3.05) is 0 Å². The molecule has 0 aliphatic heterocycles. The van der Waals surface area contributed by atoms with Crippen LogP contribution in [0.5, 0.6) is 0 Å². The van der Waals surface area contributed by atoms with E-state index in [0.29, 0.717) is 6.42 Å². The third kappa shape index (κ3) is 3.07. The summed E-state index contributed by atoms with van der Waals surface area (Å²) >= 11 is 0. The van der Waals surface area contributed by atoms with Crippen LogP contribution in [0.1, 0.15) is 35.1 Å². The minimum atomic E-state index is -0.0958. The lowest BCUT2D eigenvalue weighted by molar-refractivity contribution is -0.121. The van der Waals surface area contributed by atoms with E-state index in [2.05, 4.69) is 38.3 Å². The molecule has 0 heterocycles. The highest BCUT2D eigenvalue weighted by Gasteiger charge is 2.04. The van der Waals surface area contributed by atoms with Gasteiger partial charge in [0, 0.05) is 6.42 Å². The first-order valence-corrected chi connectivity index (χ1v) is 5.61. The van der Waals surface area contributed by atoms with Gasteiger partial charge in [-0.05, 0) is 55.9 Å². The third-order valence-corrected chi connectivity index (χ3v) is 3.18. The van der Waals surface area contributed by atoms with Gasteiger partial charge in [-0.3, -0.25) is 10.2 Å². The number of nitrogens with two attached hydrogens (primary N) is 1. The molecule has 1 rings (SSSR count). The summed E-state index contributed by atoms with van der Waals surface area (Å²) in [5.74, 6) is 4.93. The van der Waals surface area contributed by atoms with Crippen LogP contribution in [0.25, 0.3) is 0 Å².